The van der Waals surface area contributed by atoms with Crippen LogP contribution in [0.5, 0.6) is 0 Å². The van der Waals surface area contributed by atoms with Crippen molar-refractivity contribution in [1.29, 1.82) is 0 Å². The van der Waals surface area contributed by atoms with Crippen molar-refractivity contribution < 1.29 is 13.2 Å². The first-order valence-corrected chi connectivity index (χ1v) is 13.5. The van der Waals surface area contributed by atoms with Crippen LogP contribution in [0.2, 0.25) is 0 Å². The molecule has 35 heavy (non-hydrogen) atoms. The third-order valence-electron chi connectivity index (χ3n) is 7.03. The molecule has 0 bridgehead atoms. The van der Waals surface area contributed by atoms with Crippen LogP contribution in [0.15, 0.2) is 53.4 Å². The number of rotatable bonds is 5. The zero-order chi connectivity index (χ0) is 24.6. The number of hydrogen-bond donors (Lipinski definition) is 2. The van der Waals surface area contributed by atoms with E-state index < -0.39 is 10.0 Å². The maximum atomic E-state index is 13.2. The molecule has 3 aromatic rings. The van der Waals surface area contributed by atoms with Gasteiger partial charge in [-0.3, -0.25) is 9.89 Å². The fraction of sp³-hybridized carbons (Fsp3) is 0.385. The Bertz CT molecular complexity index is 1310. The number of H-pyrrole nitrogens is 1. The van der Waals surface area contributed by atoms with Crippen molar-refractivity contribution in [2.45, 2.75) is 50.6 Å². The number of anilines is 1. The van der Waals surface area contributed by atoms with Gasteiger partial charge in [0.1, 0.15) is 0 Å². The van der Waals surface area contributed by atoms with Gasteiger partial charge in [0.2, 0.25) is 15.9 Å². The minimum Gasteiger partial charge on any atom is -0.382 e. The van der Waals surface area contributed by atoms with E-state index in [4.69, 9.17) is 0 Å². The molecule has 8 nitrogen and oxygen atoms in total. The average Bonchev–Trinajstić information content (AvgIpc) is 3.28. The predicted molar refractivity (Wildman–Crippen MR) is 135 cm³/mol. The second-order valence-corrected chi connectivity index (χ2v) is 11.4. The number of fused-ring (bicyclic) bond motifs is 1. The summed E-state index contributed by atoms with van der Waals surface area (Å²) in [6, 6.07) is 15.5. The van der Waals surface area contributed by atoms with Crippen LogP contribution in [-0.4, -0.2) is 59.4 Å². The molecule has 2 aliphatic heterocycles. The number of amides is 1. The second-order valence-electron chi connectivity index (χ2n) is 9.43. The summed E-state index contributed by atoms with van der Waals surface area (Å²) in [6.07, 6.45) is 2.46. The Morgan fingerprint density at radius 1 is 1.03 bits per heavy atom. The highest BCUT2D eigenvalue weighted by Crippen LogP contribution is 2.32. The highest BCUT2D eigenvalue weighted by molar-refractivity contribution is 7.89. The number of likely N-dealkylation sites (tertiary alicyclic amines) is 1. The topological polar surface area (TPSA) is 98.4 Å². The molecule has 1 amide bonds. The molecule has 1 fully saturated rings. The number of nitrogens with one attached hydrogen (secondary N) is 2. The number of benzene rings is 2. The van der Waals surface area contributed by atoms with Crippen molar-refractivity contribution in [2.24, 2.45) is 0 Å². The molecule has 0 spiro atoms. The first kappa shape index (κ1) is 23.6. The lowest BCUT2D eigenvalue weighted by Crippen LogP contribution is -2.41. The van der Waals surface area contributed by atoms with Crippen molar-refractivity contribution >= 4 is 21.6 Å². The van der Waals surface area contributed by atoms with Crippen LogP contribution in [-0.2, 0) is 27.8 Å². The molecule has 2 aromatic carbocycles. The van der Waals surface area contributed by atoms with Gasteiger partial charge in [-0.1, -0.05) is 29.8 Å². The molecular formula is C26H31N5O3S. The fourth-order valence-corrected chi connectivity index (χ4v) is 6.28. The summed E-state index contributed by atoms with van der Waals surface area (Å²) < 4.78 is 28.0. The van der Waals surface area contributed by atoms with Gasteiger partial charge in [0.15, 0.2) is 0 Å². The van der Waals surface area contributed by atoms with Crippen LogP contribution in [0.4, 0.5) is 5.69 Å². The number of aryl methyl sites for hydroxylation is 1. The van der Waals surface area contributed by atoms with Crippen LogP contribution in [0.3, 0.4) is 0 Å². The van der Waals surface area contributed by atoms with E-state index in [0.29, 0.717) is 30.4 Å². The van der Waals surface area contributed by atoms with Gasteiger partial charge in [-0.25, -0.2) is 8.42 Å². The number of aromatic amines is 1. The summed E-state index contributed by atoms with van der Waals surface area (Å²) in [5.74, 6) is 0.139. The number of carbonyl (C=O) groups excluding carboxylic acids is 1. The van der Waals surface area contributed by atoms with Gasteiger partial charge in [0.25, 0.3) is 0 Å². The molecule has 3 heterocycles. The van der Waals surface area contributed by atoms with Crippen LogP contribution in [0.1, 0.15) is 36.6 Å². The quantitative estimate of drug-likeness (QED) is 0.566. The van der Waals surface area contributed by atoms with Crippen molar-refractivity contribution in [3.63, 3.8) is 0 Å². The minimum atomic E-state index is -3.57. The Kier molecular flexibility index (Phi) is 6.37. The first-order valence-electron chi connectivity index (χ1n) is 12.1. The van der Waals surface area contributed by atoms with E-state index in [1.807, 2.05) is 48.2 Å². The molecule has 5 rings (SSSR count). The molecule has 184 valence electrons. The lowest BCUT2D eigenvalue weighted by atomic mass is 10.0. The van der Waals surface area contributed by atoms with E-state index in [0.717, 1.165) is 59.7 Å². The molecule has 0 radical (unpaired) electrons. The average molecular weight is 494 g/mol. The molecule has 0 aliphatic carbocycles. The van der Waals surface area contributed by atoms with E-state index in [1.54, 1.807) is 23.4 Å². The molecule has 9 heteroatoms. The number of sulfonamides is 1. The van der Waals surface area contributed by atoms with Crippen LogP contribution in [0.25, 0.3) is 11.3 Å². The molecule has 2 aliphatic rings. The summed E-state index contributed by atoms with van der Waals surface area (Å²) in [5, 5.41) is 11.2. The third-order valence-corrected chi connectivity index (χ3v) is 8.89. The zero-order valence-electron chi connectivity index (χ0n) is 20.1. The second kappa shape index (κ2) is 9.47. The number of piperidine rings is 1. The number of aromatic nitrogens is 2. The maximum absolute atomic E-state index is 13.2. The van der Waals surface area contributed by atoms with Crippen molar-refractivity contribution in [1.82, 2.24) is 19.4 Å². The van der Waals surface area contributed by atoms with Crippen LogP contribution >= 0.6 is 0 Å². The monoisotopic (exact) mass is 493 g/mol. The molecule has 0 saturated carbocycles. The van der Waals surface area contributed by atoms with Gasteiger partial charge in [-0.15, -0.1) is 0 Å². The molecule has 0 atom stereocenters. The van der Waals surface area contributed by atoms with Gasteiger partial charge in [0, 0.05) is 68.1 Å². The summed E-state index contributed by atoms with van der Waals surface area (Å²) in [4.78, 5) is 13.7. The molecule has 1 aromatic heterocycles. The fourth-order valence-electron chi connectivity index (χ4n) is 4.87. The highest BCUT2D eigenvalue weighted by atomic mass is 32.2. The first-order chi connectivity index (χ1) is 16.8. The Hall–Kier alpha value is -3.17. The Balaban J connectivity index is 1.29. The molecule has 1 saturated heterocycles. The third kappa shape index (κ3) is 4.83. The SMILES string of the molecule is CC(=O)N1CCC(Nc2ccc(-c3n[nH]c4c3CN(S(=O)(=O)c3ccc(C)cc3)CC4)cc2)CC1. The number of nitrogens with zero attached hydrogens (tertiary/aromatic N) is 3. The maximum Gasteiger partial charge on any atom is 0.243 e. The van der Waals surface area contributed by atoms with E-state index in [1.165, 1.54) is 0 Å². The minimum absolute atomic E-state index is 0.139. The summed E-state index contributed by atoms with van der Waals surface area (Å²) in [5.41, 5.74) is 5.74. The normalized spacial score (nSPS) is 17.3. The van der Waals surface area contributed by atoms with Crippen molar-refractivity contribution in [2.75, 3.05) is 25.0 Å². The zero-order valence-corrected chi connectivity index (χ0v) is 20.9. The Morgan fingerprint density at radius 3 is 2.37 bits per heavy atom. The smallest absolute Gasteiger partial charge is 0.243 e. The van der Waals surface area contributed by atoms with E-state index in [-0.39, 0.29) is 5.91 Å². The highest BCUT2D eigenvalue weighted by Gasteiger charge is 2.31. The van der Waals surface area contributed by atoms with E-state index in [2.05, 4.69) is 15.5 Å². The molecular weight excluding hydrogens is 462 g/mol. The van der Waals surface area contributed by atoms with Gasteiger partial charge in [0.05, 0.1) is 10.6 Å². The summed E-state index contributed by atoms with van der Waals surface area (Å²) in [6.45, 7) is 5.86. The lowest BCUT2D eigenvalue weighted by molar-refractivity contribution is -0.129. The number of carbonyl (C=O) groups is 1. The van der Waals surface area contributed by atoms with E-state index in [9.17, 15) is 13.2 Å². The Labute approximate surface area is 206 Å². The largest absolute Gasteiger partial charge is 0.382 e. The van der Waals surface area contributed by atoms with Crippen molar-refractivity contribution in [3.8, 4) is 11.3 Å². The van der Waals surface area contributed by atoms with Gasteiger partial charge in [-0.05, 0) is 44.0 Å². The summed E-state index contributed by atoms with van der Waals surface area (Å²) >= 11 is 0. The van der Waals surface area contributed by atoms with Gasteiger partial charge < -0.3 is 10.2 Å². The van der Waals surface area contributed by atoms with E-state index >= 15 is 0 Å². The van der Waals surface area contributed by atoms with Crippen molar-refractivity contribution in [3.05, 3.63) is 65.4 Å². The molecule has 0 unspecified atom stereocenters. The van der Waals surface area contributed by atoms with Gasteiger partial charge in [-0.2, -0.15) is 9.40 Å². The number of hydrogen-bond acceptors (Lipinski definition) is 5. The predicted octanol–water partition coefficient (Wildman–Crippen LogP) is 3.55. The van der Waals surface area contributed by atoms with Gasteiger partial charge >= 0.3 is 0 Å². The summed E-state index contributed by atoms with van der Waals surface area (Å²) in [7, 11) is -3.57. The molecule has 2 N–H and O–H groups in total. The lowest BCUT2D eigenvalue weighted by Gasteiger charge is -2.32. The standard InChI is InChI=1S/C26H31N5O3S/c1-18-3-9-23(10-4-18)35(33,34)31-16-13-25-24(17-31)26(29-28-25)20-5-7-21(8-6-20)27-22-11-14-30(15-12-22)19(2)32/h3-10,22,27H,11-17H2,1-2H3,(H,28,29). The van der Waals surface area contributed by atoms with Crippen LogP contribution < -0.4 is 5.32 Å². The van der Waals surface area contributed by atoms with Crippen LogP contribution in [0, 0.1) is 6.92 Å². The Morgan fingerprint density at radius 2 is 1.71 bits per heavy atom.